The summed E-state index contributed by atoms with van der Waals surface area (Å²) in [7, 11) is 0. The van der Waals surface area contributed by atoms with Crippen LogP contribution in [0.5, 0.6) is 0 Å². The van der Waals surface area contributed by atoms with Gasteiger partial charge in [0.1, 0.15) is 0 Å². The molecule has 5 aromatic heterocycles. The van der Waals surface area contributed by atoms with Gasteiger partial charge < -0.3 is 9.13 Å². The molecule has 9 aromatic carbocycles. The topological polar surface area (TPSA) is 48.5 Å². The Hall–Kier alpha value is -7.97. The predicted molar refractivity (Wildman–Crippen MR) is 271 cm³/mol. The molecular formula is C57H33N5S2. The monoisotopic (exact) mass is 851 g/mol. The summed E-state index contributed by atoms with van der Waals surface area (Å²) < 4.78 is 10.0. The number of thiophene rings is 2. The molecule has 0 aliphatic carbocycles. The molecule has 0 unspecified atom stereocenters. The van der Waals surface area contributed by atoms with Gasteiger partial charge in [0.05, 0.1) is 22.1 Å². The van der Waals surface area contributed by atoms with Gasteiger partial charge in [0.15, 0.2) is 17.5 Å². The van der Waals surface area contributed by atoms with Crippen LogP contribution in [0.2, 0.25) is 0 Å². The lowest BCUT2D eigenvalue weighted by Gasteiger charge is -2.11. The van der Waals surface area contributed by atoms with E-state index >= 15 is 0 Å². The van der Waals surface area contributed by atoms with Crippen molar-refractivity contribution in [3.05, 3.63) is 200 Å². The van der Waals surface area contributed by atoms with E-state index in [-0.39, 0.29) is 0 Å². The van der Waals surface area contributed by atoms with Crippen LogP contribution in [0.1, 0.15) is 0 Å². The van der Waals surface area contributed by atoms with E-state index in [4.69, 9.17) is 15.0 Å². The summed E-state index contributed by atoms with van der Waals surface area (Å²) >= 11 is 3.71. The standard InChI is InChI=1S/C57H33N5S2/c1-3-13-34(14-4-1)55-58-56(35-15-5-2-6-16-35)60-57(59-55)36-23-29-51-44(31-36)45-33-38(25-30-52(45)63-51)61-46-20-10-7-17-39(46)43-32-37(24-27-48(43)61)62-47-21-11-8-19-42(47)53-49(62)28-26-41-40-18-9-12-22-50(40)64-54(41)53/h1-33H. The fourth-order valence-corrected chi connectivity index (χ4v) is 12.2. The van der Waals surface area contributed by atoms with E-state index < -0.39 is 0 Å². The van der Waals surface area contributed by atoms with Gasteiger partial charge in [-0.05, 0) is 78.9 Å². The van der Waals surface area contributed by atoms with Crippen LogP contribution in [0, 0.1) is 0 Å². The van der Waals surface area contributed by atoms with Gasteiger partial charge in [0, 0.05) is 90.0 Å². The van der Waals surface area contributed by atoms with Crippen molar-refractivity contribution in [3.8, 4) is 45.5 Å². The number of aromatic nitrogens is 5. The second-order valence-corrected chi connectivity index (χ2v) is 18.5. The Labute approximate surface area is 374 Å². The summed E-state index contributed by atoms with van der Waals surface area (Å²) in [6.45, 7) is 0. The molecule has 0 fully saturated rings. The SMILES string of the molecule is c1ccc(-c2nc(-c3ccccc3)nc(-c3ccc4sc5ccc(-n6c7ccccc7c7cc(-n8c9ccccc9c9c%10sc%11ccccc%11c%10ccc98)ccc76)cc5c4c3)n2)cc1. The van der Waals surface area contributed by atoms with Crippen molar-refractivity contribution in [2.24, 2.45) is 0 Å². The number of benzene rings is 9. The zero-order valence-corrected chi connectivity index (χ0v) is 35.7. The average Bonchev–Trinajstić information content (AvgIpc) is 4.11. The molecule has 0 N–H and O–H groups in total. The number of para-hydroxylation sites is 2. The number of nitrogens with zero attached hydrogens (tertiary/aromatic N) is 5. The van der Waals surface area contributed by atoms with Gasteiger partial charge >= 0.3 is 0 Å². The Morgan fingerprint density at radius 3 is 1.53 bits per heavy atom. The smallest absolute Gasteiger partial charge is 0.164 e. The van der Waals surface area contributed by atoms with Crippen LogP contribution >= 0.6 is 22.7 Å². The summed E-state index contributed by atoms with van der Waals surface area (Å²) in [4.78, 5) is 15.0. The second kappa shape index (κ2) is 13.8. The molecule has 0 saturated heterocycles. The molecule has 0 spiro atoms. The van der Waals surface area contributed by atoms with E-state index in [1.807, 2.05) is 83.3 Å². The highest BCUT2D eigenvalue weighted by Crippen LogP contribution is 2.45. The fourth-order valence-electron chi connectivity index (χ4n) is 9.87. The molecule has 64 heavy (non-hydrogen) atoms. The van der Waals surface area contributed by atoms with Crippen LogP contribution in [-0.2, 0) is 0 Å². The molecule has 5 heterocycles. The average molecular weight is 852 g/mol. The lowest BCUT2D eigenvalue weighted by atomic mass is 10.1. The van der Waals surface area contributed by atoms with E-state index in [0.29, 0.717) is 17.5 Å². The van der Waals surface area contributed by atoms with Crippen LogP contribution in [0.4, 0.5) is 0 Å². The zero-order chi connectivity index (χ0) is 41.9. The first-order valence-electron chi connectivity index (χ1n) is 21.4. The third-order valence-corrected chi connectivity index (χ3v) is 15.1. The van der Waals surface area contributed by atoms with Crippen LogP contribution in [0.15, 0.2) is 200 Å². The van der Waals surface area contributed by atoms with E-state index in [1.165, 1.54) is 84.0 Å². The highest BCUT2D eigenvalue weighted by Gasteiger charge is 2.20. The Morgan fingerprint density at radius 2 is 0.797 bits per heavy atom. The summed E-state index contributed by atoms with van der Waals surface area (Å²) in [6, 6.07) is 71.9. The number of rotatable bonds is 5. The molecule has 14 aromatic rings. The Morgan fingerprint density at radius 1 is 0.297 bits per heavy atom. The van der Waals surface area contributed by atoms with Gasteiger partial charge in [-0.3, -0.25) is 0 Å². The van der Waals surface area contributed by atoms with Crippen molar-refractivity contribution in [3.63, 3.8) is 0 Å². The van der Waals surface area contributed by atoms with E-state index in [0.717, 1.165) is 28.1 Å². The predicted octanol–water partition coefficient (Wildman–Crippen LogP) is 15.8. The zero-order valence-electron chi connectivity index (χ0n) is 34.1. The molecule has 0 saturated carbocycles. The first-order chi connectivity index (χ1) is 31.7. The van der Waals surface area contributed by atoms with E-state index in [2.05, 4.69) is 149 Å². The van der Waals surface area contributed by atoms with E-state index in [1.54, 1.807) is 0 Å². The molecular weight excluding hydrogens is 819 g/mol. The molecule has 0 amide bonds. The van der Waals surface area contributed by atoms with Gasteiger partial charge in [0.25, 0.3) is 0 Å². The van der Waals surface area contributed by atoms with Gasteiger partial charge in [-0.15, -0.1) is 22.7 Å². The summed E-state index contributed by atoms with van der Waals surface area (Å²) in [5.74, 6) is 1.96. The molecule has 7 heteroatoms. The molecule has 0 aliphatic heterocycles. The first-order valence-corrected chi connectivity index (χ1v) is 23.1. The Balaban J connectivity index is 0.934. The van der Waals surface area contributed by atoms with Crippen LogP contribution in [0.25, 0.3) is 129 Å². The maximum atomic E-state index is 5.05. The van der Waals surface area contributed by atoms with Gasteiger partial charge in [-0.2, -0.15) is 0 Å². The van der Waals surface area contributed by atoms with Crippen molar-refractivity contribution < 1.29 is 0 Å². The maximum Gasteiger partial charge on any atom is 0.164 e. The molecule has 0 radical (unpaired) electrons. The molecule has 14 rings (SSSR count). The number of hydrogen-bond donors (Lipinski definition) is 0. The van der Waals surface area contributed by atoms with Crippen LogP contribution in [0.3, 0.4) is 0 Å². The van der Waals surface area contributed by atoms with Gasteiger partial charge in [-0.1, -0.05) is 121 Å². The number of hydrogen-bond acceptors (Lipinski definition) is 5. The largest absolute Gasteiger partial charge is 0.309 e. The van der Waals surface area contributed by atoms with Crippen molar-refractivity contribution in [1.29, 1.82) is 0 Å². The summed E-state index contributed by atoms with van der Waals surface area (Å²) in [5, 5.41) is 10.1. The fraction of sp³-hybridized carbons (Fsp3) is 0. The van der Waals surface area contributed by atoms with Crippen molar-refractivity contribution in [1.82, 2.24) is 24.1 Å². The first kappa shape index (κ1) is 35.6. The lowest BCUT2D eigenvalue weighted by molar-refractivity contribution is 1.07. The van der Waals surface area contributed by atoms with Crippen molar-refractivity contribution in [2.45, 2.75) is 0 Å². The minimum Gasteiger partial charge on any atom is -0.309 e. The normalized spacial score (nSPS) is 12.1. The van der Waals surface area contributed by atoms with Crippen LogP contribution in [-0.4, -0.2) is 24.1 Å². The minimum atomic E-state index is 0.653. The number of fused-ring (bicyclic) bond motifs is 13. The third-order valence-electron chi connectivity index (χ3n) is 12.8. The molecule has 0 bridgehead atoms. The van der Waals surface area contributed by atoms with Crippen molar-refractivity contribution >= 4 is 107 Å². The molecule has 0 aliphatic rings. The highest BCUT2D eigenvalue weighted by atomic mass is 32.1. The lowest BCUT2D eigenvalue weighted by Crippen LogP contribution is -2.00. The highest BCUT2D eigenvalue weighted by molar-refractivity contribution is 7.27. The quantitative estimate of drug-likeness (QED) is 0.173. The molecule has 5 nitrogen and oxygen atoms in total. The minimum absolute atomic E-state index is 0.653. The Kier molecular flexibility index (Phi) is 7.66. The maximum absolute atomic E-state index is 5.05. The molecule has 0 atom stereocenters. The summed E-state index contributed by atoms with van der Waals surface area (Å²) in [5.41, 5.74) is 9.92. The van der Waals surface area contributed by atoms with Gasteiger partial charge in [0.2, 0.25) is 0 Å². The second-order valence-electron chi connectivity index (χ2n) is 16.4. The summed E-state index contributed by atoms with van der Waals surface area (Å²) in [6.07, 6.45) is 0. The molecule has 298 valence electrons. The van der Waals surface area contributed by atoms with Crippen LogP contribution < -0.4 is 0 Å². The third kappa shape index (κ3) is 5.32. The Bertz CT molecular complexity index is 4140. The van der Waals surface area contributed by atoms with Crippen molar-refractivity contribution in [2.75, 3.05) is 0 Å². The van der Waals surface area contributed by atoms with Gasteiger partial charge in [-0.25, -0.2) is 15.0 Å². The van der Waals surface area contributed by atoms with E-state index in [9.17, 15) is 0 Å².